The highest BCUT2D eigenvalue weighted by molar-refractivity contribution is 5.82. The summed E-state index contributed by atoms with van der Waals surface area (Å²) >= 11 is 0. The Kier molecular flexibility index (Phi) is 4.87. The van der Waals surface area contributed by atoms with E-state index >= 15 is 0 Å². The molecule has 2 rings (SSSR count). The van der Waals surface area contributed by atoms with Gasteiger partial charge in [0.1, 0.15) is 6.04 Å². The number of carbonyl (C=O) groups excluding carboxylic acids is 1. The summed E-state index contributed by atoms with van der Waals surface area (Å²) in [5.41, 5.74) is 1.16. The van der Waals surface area contributed by atoms with Gasteiger partial charge in [-0.1, -0.05) is 6.07 Å². The summed E-state index contributed by atoms with van der Waals surface area (Å²) in [5, 5.41) is 3.28. The number of likely N-dealkylation sites (N-methyl/N-ethyl adjacent to an activating group) is 2. The van der Waals surface area contributed by atoms with Crippen molar-refractivity contribution in [3.63, 3.8) is 0 Å². The molecule has 1 aromatic rings. The average molecular weight is 262 g/mol. The van der Waals surface area contributed by atoms with Crippen molar-refractivity contribution in [2.24, 2.45) is 0 Å². The number of nitrogens with one attached hydrogen (secondary N) is 1. The van der Waals surface area contributed by atoms with Gasteiger partial charge in [0, 0.05) is 45.6 Å². The van der Waals surface area contributed by atoms with Gasteiger partial charge in [-0.3, -0.25) is 14.7 Å². The average Bonchev–Trinajstić information content (AvgIpc) is 2.45. The lowest BCUT2D eigenvalue weighted by atomic mass is 10.1. The molecule has 1 atom stereocenters. The summed E-state index contributed by atoms with van der Waals surface area (Å²) in [6.45, 7) is 3.36. The van der Waals surface area contributed by atoms with Crippen molar-refractivity contribution in [1.29, 1.82) is 0 Å². The second-order valence-electron chi connectivity index (χ2n) is 5.07. The number of pyridine rings is 1. The molecule has 1 fully saturated rings. The molecule has 19 heavy (non-hydrogen) atoms. The van der Waals surface area contributed by atoms with Crippen LogP contribution in [0.5, 0.6) is 0 Å². The molecule has 0 aromatic carbocycles. The predicted octanol–water partition coefficient (Wildman–Crippen LogP) is -0.0139. The second-order valence-corrected chi connectivity index (χ2v) is 5.07. The Morgan fingerprint density at radius 1 is 1.63 bits per heavy atom. The van der Waals surface area contributed by atoms with Crippen LogP contribution in [-0.4, -0.2) is 67.0 Å². The fourth-order valence-electron chi connectivity index (χ4n) is 2.29. The zero-order chi connectivity index (χ0) is 13.7. The van der Waals surface area contributed by atoms with Crippen LogP contribution < -0.4 is 5.32 Å². The van der Waals surface area contributed by atoms with Gasteiger partial charge in [-0.15, -0.1) is 0 Å². The quantitative estimate of drug-likeness (QED) is 0.829. The minimum atomic E-state index is -0.0346. The molecule has 1 aromatic heterocycles. The van der Waals surface area contributed by atoms with Gasteiger partial charge in [0.25, 0.3) is 0 Å². The van der Waals surface area contributed by atoms with E-state index in [1.54, 1.807) is 6.20 Å². The standard InChI is InChI=1S/C14H22N4O/c1-17-9-7-16-11-13(17)14(19)18(2)8-5-12-4-3-6-15-10-12/h3-4,6,10,13,16H,5,7-9,11H2,1-2H3. The van der Waals surface area contributed by atoms with Crippen LogP contribution in [0.1, 0.15) is 5.56 Å². The third-order valence-electron chi connectivity index (χ3n) is 3.63. The van der Waals surface area contributed by atoms with E-state index in [-0.39, 0.29) is 11.9 Å². The first-order chi connectivity index (χ1) is 9.18. The van der Waals surface area contributed by atoms with Crippen molar-refractivity contribution < 1.29 is 4.79 Å². The highest BCUT2D eigenvalue weighted by atomic mass is 16.2. The molecule has 1 unspecified atom stereocenters. The Labute approximate surface area is 114 Å². The third-order valence-corrected chi connectivity index (χ3v) is 3.63. The predicted molar refractivity (Wildman–Crippen MR) is 74.9 cm³/mol. The summed E-state index contributed by atoms with van der Waals surface area (Å²) in [6, 6.07) is 3.93. The molecule has 2 heterocycles. The van der Waals surface area contributed by atoms with Crippen LogP contribution in [0, 0.1) is 0 Å². The van der Waals surface area contributed by atoms with Crippen LogP contribution in [0.15, 0.2) is 24.5 Å². The minimum Gasteiger partial charge on any atom is -0.344 e. The zero-order valence-electron chi connectivity index (χ0n) is 11.7. The first-order valence-corrected chi connectivity index (χ1v) is 6.73. The number of hydrogen-bond acceptors (Lipinski definition) is 4. The van der Waals surface area contributed by atoms with E-state index < -0.39 is 0 Å². The first-order valence-electron chi connectivity index (χ1n) is 6.73. The van der Waals surface area contributed by atoms with Crippen molar-refractivity contribution in [2.75, 3.05) is 40.3 Å². The molecule has 0 radical (unpaired) electrons. The summed E-state index contributed by atoms with van der Waals surface area (Å²) in [6.07, 6.45) is 4.47. The van der Waals surface area contributed by atoms with Crippen LogP contribution in [0.3, 0.4) is 0 Å². The molecule has 1 amide bonds. The molecule has 0 spiro atoms. The number of hydrogen-bond donors (Lipinski definition) is 1. The molecule has 0 saturated carbocycles. The summed E-state index contributed by atoms with van der Waals surface area (Å²) in [7, 11) is 3.89. The van der Waals surface area contributed by atoms with Gasteiger partial charge in [-0.25, -0.2) is 0 Å². The topological polar surface area (TPSA) is 48.5 Å². The normalized spacial score (nSPS) is 20.2. The van der Waals surface area contributed by atoms with Crippen LogP contribution in [-0.2, 0) is 11.2 Å². The first kappa shape index (κ1) is 14.0. The van der Waals surface area contributed by atoms with Gasteiger partial charge in [0.05, 0.1) is 0 Å². The van der Waals surface area contributed by atoms with Gasteiger partial charge >= 0.3 is 0 Å². The van der Waals surface area contributed by atoms with Gasteiger partial charge in [0.2, 0.25) is 5.91 Å². The SMILES string of the molecule is CN(CCc1cccnc1)C(=O)C1CNCCN1C. The number of carbonyl (C=O) groups is 1. The minimum absolute atomic E-state index is 0.0346. The summed E-state index contributed by atoms with van der Waals surface area (Å²) in [4.78, 5) is 20.4. The Hall–Kier alpha value is -1.46. The number of rotatable bonds is 4. The van der Waals surface area contributed by atoms with E-state index in [0.717, 1.165) is 38.2 Å². The van der Waals surface area contributed by atoms with Crippen LogP contribution in [0.25, 0.3) is 0 Å². The number of aromatic nitrogens is 1. The Morgan fingerprint density at radius 3 is 3.16 bits per heavy atom. The zero-order valence-corrected chi connectivity index (χ0v) is 11.7. The number of piperazine rings is 1. The van der Waals surface area contributed by atoms with Gasteiger partial charge in [-0.05, 0) is 25.1 Å². The van der Waals surface area contributed by atoms with Gasteiger partial charge in [0.15, 0.2) is 0 Å². The molecule has 0 aliphatic carbocycles. The fraction of sp³-hybridized carbons (Fsp3) is 0.571. The Morgan fingerprint density at radius 2 is 2.47 bits per heavy atom. The maximum absolute atomic E-state index is 12.4. The molecule has 1 aliphatic rings. The van der Waals surface area contributed by atoms with Crippen molar-refractivity contribution in [2.45, 2.75) is 12.5 Å². The number of amides is 1. The van der Waals surface area contributed by atoms with Gasteiger partial charge in [-0.2, -0.15) is 0 Å². The molecule has 5 nitrogen and oxygen atoms in total. The molecule has 5 heteroatoms. The molecular weight excluding hydrogens is 240 g/mol. The van der Waals surface area contributed by atoms with Gasteiger partial charge < -0.3 is 10.2 Å². The lowest BCUT2D eigenvalue weighted by molar-refractivity contribution is -0.135. The molecule has 1 N–H and O–H groups in total. The van der Waals surface area contributed by atoms with Crippen molar-refractivity contribution in [3.8, 4) is 0 Å². The lowest BCUT2D eigenvalue weighted by Crippen LogP contribution is -2.56. The highest BCUT2D eigenvalue weighted by Gasteiger charge is 2.27. The largest absolute Gasteiger partial charge is 0.344 e. The molecule has 104 valence electrons. The third kappa shape index (κ3) is 3.75. The second kappa shape index (κ2) is 6.63. The van der Waals surface area contributed by atoms with Crippen molar-refractivity contribution >= 4 is 5.91 Å². The summed E-state index contributed by atoms with van der Waals surface area (Å²) in [5.74, 6) is 0.193. The lowest BCUT2D eigenvalue weighted by Gasteiger charge is -2.34. The molecular formula is C14H22N4O. The molecule has 0 bridgehead atoms. The Bertz CT molecular complexity index is 409. The molecule has 1 saturated heterocycles. The maximum Gasteiger partial charge on any atom is 0.240 e. The van der Waals surface area contributed by atoms with Crippen molar-refractivity contribution in [1.82, 2.24) is 20.1 Å². The monoisotopic (exact) mass is 262 g/mol. The molecule has 1 aliphatic heterocycles. The van der Waals surface area contributed by atoms with Crippen molar-refractivity contribution in [3.05, 3.63) is 30.1 Å². The van der Waals surface area contributed by atoms with Crippen LogP contribution in [0.2, 0.25) is 0 Å². The van der Waals surface area contributed by atoms with E-state index in [2.05, 4.69) is 15.2 Å². The van der Waals surface area contributed by atoms with E-state index in [4.69, 9.17) is 0 Å². The number of nitrogens with zero attached hydrogens (tertiary/aromatic N) is 3. The fourth-order valence-corrected chi connectivity index (χ4v) is 2.29. The van der Waals surface area contributed by atoms with E-state index in [1.165, 1.54) is 0 Å². The van der Waals surface area contributed by atoms with Crippen LogP contribution >= 0.6 is 0 Å². The smallest absolute Gasteiger partial charge is 0.240 e. The Balaban J connectivity index is 1.85. The summed E-state index contributed by atoms with van der Waals surface area (Å²) < 4.78 is 0. The van der Waals surface area contributed by atoms with E-state index in [1.807, 2.05) is 37.3 Å². The highest BCUT2D eigenvalue weighted by Crippen LogP contribution is 2.05. The maximum atomic E-state index is 12.4. The van der Waals surface area contributed by atoms with E-state index in [0.29, 0.717) is 0 Å². The van der Waals surface area contributed by atoms with Crippen LogP contribution in [0.4, 0.5) is 0 Å². The van der Waals surface area contributed by atoms with E-state index in [9.17, 15) is 4.79 Å².